The van der Waals surface area contributed by atoms with Crippen molar-refractivity contribution in [3.8, 4) is 11.1 Å². The average Bonchev–Trinajstić information content (AvgIpc) is 2.59. The van der Waals surface area contributed by atoms with Gasteiger partial charge in [-0.2, -0.15) is 0 Å². The van der Waals surface area contributed by atoms with Crippen molar-refractivity contribution in [3.63, 3.8) is 0 Å². The Hall–Kier alpha value is -2.47. The highest BCUT2D eigenvalue weighted by molar-refractivity contribution is 5.62. The van der Waals surface area contributed by atoms with Crippen molar-refractivity contribution in [1.29, 1.82) is 0 Å². The van der Waals surface area contributed by atoms with E-state index in [1.54, 1.807) is 24.4 Å². The van der Waals surface area contributed by atoms with Gasteiger partial charge in [-0.15, -0.1) is 0 Å². The fourth-order valence-electron chi connectivity index (χ4n) is 2.00. The van der Waals surface area contributed by atoms with E-state index in [2.05, 4.69) is 15.0 Å². The molecular formula is C15H16FN5O. The third kappa shape index (κ3) is 3.79. The van der Waals surface area contributed by atoms with Crippen molar-refractivity contribution in [1.82, 2.24) is 4.98 Å². The van der Waals surface area contributed by atoms with Crippen LogP contribution in [0.15, 0.2) is 47.7 Å². The van der Waals surface area contributed by atoms with Crippen LogP contribution in [0.5, 0.6) is 0 Å². The van der Waals surface area contributed by atoms with Crippen LogP contribution in [0, 0.1) is 0 Å². The smallest absolute Gasteiger partial charge is 0.107 e. The monoisotopic (exact) mass is 301 g/mol. The first-order valence-electron chi connectivity index (χ1n) is 6.71. The second kappa shape index (κ2) is 7.51. The van der Waals surface area contributed by atoms with Crippen molar-refractivity contribution in [2.24, 2.45) is 10.8 Å². The lowest BCUT2D eigenvalue weighted by molar-refractivity contribution is 0.132. The fourth-order valence-corrected chi connectivity index (χ4v) is 2.00. The fraction of sp³-hybridized carbons (Fsp3) is 0.267. The molecule has 0 aliphatic rings. The molecule has 3 N–H and O–H groups in total. The Morgan fingerprint density at radius 3 is 2.45 bits per heavy atom. The summed E-state index contributed by atoms with van der Waals surface area (Å²) in [6.07, 6.45) is 0.657. The molecule has 0 bridgehead atoms. The van der Waals surface area contributed by atoms with Crippen LogP contribution in [0.2, 0.25) is 0 Å². The standard InChI is InChI=1S/C15H16FN5O/c16-7-14(17)15(22)11-3-1-10(2-4-11)12-5-6-13(19-8-12)9-20-21-18/h1-6,8,14-15,22H,7,9,17H2/t14-,15-/m1/s1. The molecule has 6 nitrogen and oxygen atoms in total. The number of azide groups is 1. The molecule has 7 heteroatoms. The number of aliphatic hydroxyl groups excluding tert-OH is 1. The number of aliphatic hydroxyl groups is 1. The van der Waals surface area contributed by atoms with Gasteiger partial charge in [-0.05, 0) is 22.7 Å². The third-order valence-electron chi connectivity index (χ3n) is 3.29. The maximum atomic E-state index is 12.5. The highest BCUT2D eigenvalue weighted by atomic mass is 19.1. The minimum absolute atomic E-state index is 0.211. The summed E-state index contributed by atoms with van der Waals surface area (Å²) in [4.78, 5) is 6.89. The van der Waals surface area contributed by atoms with Gasteiger partial charge in [0.25, 0.3) is 0 Å². The molecule has 0 unspecified atom stereocenters. The molecule has 2 aromatic rings. The molecule has 22 heavy (non-hydrogen) atoms. The second-order valence-electron chi connectivity index (χ2n) is 4.81. The molecule has 0 fully saturated rings. The van der Waals surface area contributed by atoms with Gasteiger partial charge < -0.3 is 10.8 Å². The zero-order chi connectivity index (χ0) is 15.9. The predicted molar refractivity (Wildman–Crippen MR) is 81.4 cm³/mol. The van der Waals surface area contributed by atoms with Crippen molar-refractivity contribution in [2.75, 3.05) is 6.67 Å². The first-order valence-corrected chi connectivity index (χ1v) is 6.71. The average molecular weight is 301 g/mol. The van der Waals surface area contributed by atoms with Gasteiger partial charge in [-0.25, -0.2) is 4.39 Å². The molecule has 1 aromatic carbocycles. The van der Waals surface area contributed by atoms with Gasteiger partial charge in [0.2, 0.25) is 0 Å². The molecule has 1 aromatic heterocycles. The summed E-state index contributed by atoms with van der Waals surface area (Å²) in [5.41, 5.74) is 16.8. The van der Waals surface area contributed by atoms with E-state index in [1.165, 1.54) is 0 Å². The van der Waals surface area contributed by atoms with Gasteiger partial charge in [0, 0.05) is 22.4 Å². The highest BCUT2D eigenvalue weighted by Crippen LogP contribution is 2.23. The lowest BCUT2D eigenvalue weighted by Gasteiger charge is -2.16. The Kier molecular flexibility index (Phi) is 5.43. The molecule has 0 aliphatic carbocycles. The molecule has 0 radical (unpaired) electrons. The van der Waals surface area contributed by atoms with Gasteiger partial charge in [0.1, 0.15) is 6.67 Å². The number of nitrogens with zero attached hydrogens (tertiary/aromatic N) is 4. The quantitative estimate of drug-likeness (QED) is 0.486. The summed E-state index contributed by atoms with van der Waals surface area (Å²) < 4.78 is 12.5. The van der Waals surface area contributed by atoms with Crippen LogP contribution in [0.25, 0.3) is 21.6 Å². The summed E-state index contributed by atoms with van der Waals surface area (Å²) in [6.45, 7) is -0.567. The molecule has 2 rings (SSSR count). The maximum Gasteiger partial charge on any atom is 0.107 e. The van der Waals surface area contributed by atoms with Crippen LogP contribution >= 0.6 is 0 Å². The van der Waals surface area contributed by atoms with Crippen LogP contribution in [0.4, 0.5) is 4.39 Å². The lowest BCUT2D eigenvalue weighted by atomic mass is 10.00. The van der Waals surface area contributed by atoms with E-state index < -0.39 is 18.8 Å². The van der Waals surface area contributed by atoms with E-state index in [9.17, 15) is 9.50 Å². The van der Waals surface area contributed by atoms with Gasteiger partial charge in [0.05, 0.1) is 18.7 Å². The van der Waals surface area contributed by atoms with Gasteiger partial charge in [-0.3, -0.25) is 4.98 Å². The zero-order valence-electron chi connectivity index (χ0n) is 11.8. The van der Waals surface area contributed by atoms with E-state index in [0.717, 1.165) is 11.1 Å². The maximum absolute atomic E-state index is 12.5. The Morgan fingerprint density at radius 2 is 1.91 bits per heavy atom. The number of hydrogen-bond acceptors (Lipinski definition) is 4. The minimum Gasteiger partial charge on any atom is -0.387 e. The van der Waals surface area contributed by atoms with Gasteiger partial charge in [-0.1, -0.05) is 35.4 Å². The molecule has 0 amide bonds. The number of pyridine rings is 1. The second-order valence-corrected chi connectivity index (χ2v) is 4.81. The molecular weight excluding hydrogens is 285 g/mol. The number of rotatable bonds is 6. The minimum atomic E-state index is -1.02. The molecule has 2 atom stereocenters. The molecule has 0 saturated carbocycles. The number of hydrogen-bond donors (Lipinski definition) is 2. The topological polar surface area (TPSA) is 108 Å². The number of alkyl halides is 1. The van der Waals surface area contributed by atoms with Crippen LogP contribution in [0.3, 0.4) is 0 Å². The van der Waals surface area contributed by atoms with Crippen LogP contribution in [-0.4, -0.2) is 22.8 Å². The molecule has 1 heterocycles. The van der Waals surface area contributed by atoms with Crippen molar-refractivity contribution in [2.45, 2.75) is 18.7 Å². The van der Waals surface area contributed by atoms with Gasteiger partial charge in [0.15, 0.2) is 0 Å². The van der Waals surface area contributed by atoms with Crippen molar-refractivity contribution in [3.05, 3.63) is 64.3 Å². The SMILES string of the molecule is [N-]=[N+]=NCc1ccc(-c2ccc([C@@H](O)[C@H](N)CF)cc2)cn1. The zero-order valence-corrected chi connectivity index (χ0v) is 11.8. The van der Waals surface area contributed by atoms with E-state index in [-0.39, 0.29) is 6.54 Å². The van der Waals surface area contributed by atoms with Crippen LogP contribution < -0.4 is 5.73 Å². The largest absolute Gasteiger partial charge is 0.387 e. The summed E-state index contributed by atoms with van der Waals surface area (Å²) >= 11 is 0. The normalized spacial score (nSPS) is 13.2. The van der Waals surface area contributed by atoms with Gasteiger partial charge >= 0.3 is 0 Å². The van der Waals surface area contributed by atoms with E-state index in [1.807, 2.05) is 18.2 Å². The van der Waals surface area contributed by atoms with E-state index >= 15 is 0 Å². The van der Waals surface area contributed by atoms with Crippen LogP contribution in [0.1, 0.15) is 17.4 Å². The summed E-state index contributed by atoms with van der Waals surface area (Å²) in [6, 6.07) is 9.78. The number of benzene rings is 1. The highest BCUT2D eigenvalue weighted by Gasteiger charge is 2.16. The molecule has 114 valence electrons. The Labute approximate surface area is 127 Å². The number of nitrogens with two attached hydrogens (primary N) is 1. The number of halogens is 1. The Balaban J connectivity index is 2.14. The van der Waals surface area contributed by atoms with Crippen molar-refractivity contribution >= 4 is 0 Å². The van der Waals surface area contributed by atoms with Crippen molar-refractivity contribution < 1.29 is 9.50 Å². The third-order valence-corrected chi connectivity index (χ3v) is 3.29. The Bertz CT molecular complexity index is 653. The lowest BCUT2D eigenvalue weighted by Crippen LogP contribution is -2.30. The molecule has 0 saturated heterocycles. The van der Waals surface area contributed by atoms with E-state index in [4.69, 9.17) is 11.3 Å². The number of aromatic nitrogens is 1. The molecule has 0 spiro atoms. The molecule has 0 aliphatic heterocycles. The summed E-state index contributed by atoms with van der Waals surface area (Å²) in [5.74, 6) is 0. The Morgan fingerprint density at radius 1 is 1.23 bits per heavy atom. The summed E-state index contributed by atoms with van der Waals surface area (Å²) in [5, 5.41) is 13.3. The first-order chi connectivity index (χ1) is 10.7. The predicted octanol–water partition coefficient (Wildman–Crippen LogP) is 2.89. The first kappa shape index (κ1) is 15.9. The van der Waals surface area contributed by atoms with Crippen LogP contribution in [-0.2, 0) is 6.54 Å². The summed E-state index contributed by atoms with van der Waals surface area (Å²) in [7, 11) is 0. The van der Waals surface area contributed by atoms with E-state index in [0.29, 0.717) is 11.3 Å².